The molecule has 5 heteroatoms. The highest BCUT2D eigenvalue weighted by atomic mass is 16.5. The average molecular weight is 326 g/mol. The molecule has 2 aromatic carbocycles. The molecular formula is C19H22N2O3. The molecule has 1 aliphatic rings. The molecule has 0 aliphatic carbocycles. The SMILES string of the molecule is Cc1ccc(N2CCOCC2)cc1NC(=O)OCc1ccccc1. The molecule has 0 saturated carbocycles. The Morgan fingerprint density at radius 1 is 1.17 bits per heavy atom. The van der Waals surface area contributed by atoms with Gasteiger partial charge in [0.15, 0.2) is 0 Å². The predicted molar refractivity (Wildman–Crippen MR) is 94.5 cm³/mol. The smallest absolute Gasteiger partial charge is 0.411 e. The van der Waals surface area contributed by atoms with Gasteiger partial charge in [0.2, 0.25) is 0 Å². The van der Waals surface area contributed by atoms with E-state index in [-0.39, 0.29) is 6.61 Å². The molecule has 1 saturated heterocycles. The van der Waals surface area contributed by atoms with E-state index in [1.807, 2.05) is 49.4 Å². The maximum absolute atomic E-state index is 12.1. The molecule has 1 aliphatic heterocycles. The third kappa shape index (κ3) is 4.26. The molecule has 0 radical (unpaired) electrons. The third-order valence-corrected chi connectivity index (χ3v) is 4.05. The molecule has 2 aromatic rings. The highest BCUT2D eigenvalue weighted by Gasteiger charge is 2.13. The van der Waals surface area contributed by atoms with E-state index in [1.54, 1.807) is 0 Å². The van der Waals surface area contributed by atoms with Crippen LogP contribution in [0.4, 0.5) is 16.2 Å². The van der Waals surface area contributed by atoms with Crippen LogP contribution in [-0.2, 0) is 16.1 Å². The highest BCUT2D eigenvalue weighted by molar-refractivity contribution is 5.86. The number of aryl methyl sites for hydroxylation is 1. The van der Waals surface area contributed by atoms with Gasteiger partial charge in [-0.25, -0.2) is 4.79 Å². The molecule has 126 valence electrons. The number of nitrogens with one attached hydrogen (secondary N) is 1. The molecule has 5 nitrogen and oxygen atoms in total. The van der Waals surface area contributed by atoms with Crippen LogP contribution >= 0.6 is 0 Å². The summed E-state index contributed by atoms with van der Waals surface area (Å²) in [5, 5.41) is 2.84. The van der Waals surface area contributed by atoms with Crippen molar-refractivity contribution in [3.05, 3.63) is 59.7 Å². The van der Waals surface area contributed by atoms with Gasteiger partial charge in [-0.2, -0.15) is 0 Å². The lowest BCUT2D eigenvalue weighted by Crippen LogP contribution is -2.36. The molecule has 0 aromatic heterocycles. The second-order valence-electron chi connectivity index (χ2n) is 5.79. The molecule has 1 heterocycles. The van der Waals surface area contributed by atoms with Crippen LogP contribution in [-0.4, -0.2) is 32.4 Å². The summed E-state index contributed by atoms with van der Waals surface area (Å²) in [5.41, 5.74) is 3.83. The number of hydrogen-bond acceptors (Lipinski definition) is 4. The number of ether oxygens (including phenoxy) is 2. The summed E-state index contributed by atoms with van der Waals surface area (Å²) in [6.45, 7) is 5.41. The average Bonchev–Trinajstić information content (AvgIpc) is 2.63. The lowest BCUT2D eigenvalue weighted by Gasteiger charge is -2.29. The summed E-state index contributed by atoms with van der Waals surface area (Å²) in [7, 11) is 0. The monoisotopic (exact) mass is 326 g/mol. The van der Waals surface area contributed by atoms with Gasteiger partial charge in [-0.15, -0.1) is 0 Å². The van der Waals surface area contributed by atoms with E-state index in [2.05, 4.69) is 16.3 Å². The molecule has 1 amide bonds. The van der Waals surface area contributed by atoms with Crippen LogP contribution in [0.5, 0.6) is 0 Å². The zero-order chi connectivity index (χ0) is 16.8. The van der Waals surface area contributed by atoms with E-state index in [4.69, 9.17) is 9.47 Å². The number of carbonyl (C=O) groups is 1. The van der Waals surface area contributed by atoms with E-state index < -0.39 is 6.09 Å². The van der Waals surface area contributed by atoms with E-state index in [1.165, 1.54) is 0 Å². The Labute approximate surface area is 142 Å². The number of hydrogen-bond donors (Lipinski definition) is 1. The fraction of sp³-hybridized carbons (Fsp3) is 0.316. The maximum Gasteiger partial charge on any atom is 0.411 e. The Morgan fingerprint density at radius 2 is 1.92 bits per heavy atom. The molecular weight excluding hydrogens is 304 g/mol. The van der Waals surface area contributed by atoms with Crippen molar-refractivity contribution in [1.82, 2.24) is 0 Å². The first kappa shape index (κ1) is 16.3. The molecule has 1 N–H and O–H groups in total. The van der Waals surface area contributed by atoms with Gasteiger partial charge < -0.3 is 14.4 Å². The lowest BCUT2D eigenvalue weighted by atomic mass is 10.1. The first-order chi connectivity index (χ1) is 11.7. The van der Waals surface area contributed by atoms with Crippen LogP contribution in [0.3, 0.4) is 0 Å². The third-order valence-electron chi connectivity index (χ3n) is 4.05. The summed E-state index contributed by atoms with van der Waals surface area (Å²) in [5.74, 6) is 0. The number of benzene rings is 2. The summed E-state index contributed by atoms with van der Waals surface area (Å²) in [6, 6.07) is 15.7. The molecule has 3 rings (SSSR count). The highest BCUT2D eigenvalue weighted by Crippen LogP contribution is 2.24. The number of rotatable bonds is 4. The van der Waals surface area contributed by atoms with Crippen molar-refractivity contribution in [2.24, 2.45) is 0 Å². The fourth-order valence-electron chi connectivity index (χ4n) is 2.63. The van der Waals surface area contributed by atoms with Crippen molar-refractivity contribution in [3.8, 4) is 0 Å². The Hall–Kier alpha value is -2.53. The standard InChI is InChI=1S/C19H22N2O3/c1-15-7-8-17(21-9-11-23-12-10-21)13-18(15)20-19(22)24-14-16-5-3-2-4-6-16/h2-8,13H,9-12,14H2,1H3,(H,20,22). The topological polar surface area (TPSA) is 50.8 Å². The number of amides is 1. The van der Waals surface area contributed by atoms with E-state index in [0.717, 1.165) is 48.8 Å². The number of carbonyl (C=O) groups excluding carboxylic acids is 1. The number of anilines is 2. The Kier molecular flexibility index (Phi) is 5.33. The molecule has 0 unspecified atom stereocenters. The quantitative estimate of drug-likeness (QED) is 0.933. The lowest BCUT2D eigenvalue weighted by molar-refractivity contribution is 0.122. The Bertz CT molecular complexity index is 682. The Balaban J connectivity index is 1.62. The zero-order valence-corrected chi connectivity index (χ0v) is 13.8. The van der Waals surface area contributed by atoms with E-state index in [9.17, 15) is 4.79 Å². The van der Waals surface area contributed by atoms with Crippen LogP contribution in [0.15, 0.2) is 48.5 Å². The molecule has 1 fully saturated rings. The molecule has 24 heavy (non-hydrogen) atoms. The van der Waals surface area contributed by atoms with Crippen molar-refractivity contribution in [1.29, 1.82) is 0 Å². The van der Waals surface area contributed by atoms with Crippen LogP contribution < -0.4 is 10.2 Å². The van der Waals surface area contributed by atoms with Gasteiger partial charge in [-0.3, -0.25) is 5.32 Å². The second kappa shape index (κ2) is 7.84. The van der Waals surface area contributed by atoms with Gasteiger partial charge in [0.05, 0.1) is 13.2 Å². The van der Waals surface area contributed by atoms with Crippen LogP contribution in [0, 0.1) is 6.92 Å². The van der Waals surface area contributed by atoms with Crippen molar-refractivity contribution >= 4 is 17.5 Å². The van der Waals surface area contributed by atoms with Crippen LogP contribution in [0.1, 0.15) is 11.1 Å². The summed E-state index contributed by atoms with van der Waals surface area (Å²) >= 11 is 0. The maximum atomic E-state index is 12.1. The first-order valence-corrected chi connectivity index (χ1v) is 8.13. The van der Waals surface area contributed by atoms with Crippen molar-refractivity contribution in [2.45, 2.75) is 13.5 Å². The van der Waals surface area contributed by atoms with Crippen molar-refractivity contribution < 1.29 is 14.3 Å². The van der Waals surface area contributed by atoms with Gasteiger partial charge in [0.1, 0.15) is 6.61 Å². The van der Waals surface area contributed by atoms with E-state index >= 15 is 0 Å². The van der Waals surface area contributed by atoms with E-state index in [0.29, 0.717) is 0 Å². The minimum Gasteiger partial charge on any atom is -0.444 e. The predicted octanol–water partition coefficient (Wildman–Crippen LogP) is 3.58. The zero-order valence-electron chi connectivity index (χ0n) is 13.8. The summed E-state index contributed by atoms with van der Waals surface area (Å²) < 4.78 is 10.7. The second-order valence-corrected chi connectivity index (χ2v) is 5.79. The summed E-state index contributed by atoms with van der Waals surface area (Å²) in [6.07, 6.45) is -0.443. The fourth-order valence-corrected chi connectivity index (χ4v) is 2.63. The largest absolute Gasteiger partial charge is 0.444 e. The minimum atomic E-state index is -0.443. The molecule has 0 bridgehead atoms. The van der Waals surface area contributed by atoms with Gasteiger partial charge in [-0.05, 0) is 30.2 Å². The number of nitrogens with zero attached hydrogens (tertiary/aromatic N) is 1. The number of morpholine rings is 1. The van der Waals surface area contributed by atoms with Gasteiger partial charge in [0.25, 0.3) is 0 Å². The van der Waals surface area contributed by atoms with Gasteiger partial charge in [-0.1, -0.05) is 36.4 Å². The summed E-state index contributed by atoms with van der Waals surface area (Å²) in [4.78, 5) is 14.3. The van der Waals surface area contributed by atoms with Crippen LogP contribution in [0.25, 0.3) is 0 Å². The van der Waals surface area contributed by atoms with Crippen molar-refractivity contribution in [2.75, 3.05) is 36.5 Å². The van der Waals surface area contributed by atoms with Crippen molar-refractivity contribution in [3.63, 3.8) is 0 Å². The van der Waals surface area contributed by atoms with Gasteiger partial charge >= 0.3 is 6.09 Å². The first-order valence-electron chi connectivity index (χ1n) is 8.13. The minimum absolute atomic E-state index is 0.259. The van der Waals surface area contributed by atoms with Crippen LogP contribution in [0.2, 0.25) is 0 Å². The molecule has 0 atom stereocenters. The normalized spacial score (nSPS) is 14.3. The molecule has 0 spiro atoms. The Morgan fingerprint density at radius 3 is 2.67 bits per heavy atom. The van der Waals surface area contributed by atoms with Gasteiger partial charge in [0, 0.05) is 24.5 Å².